The number of aromatic nitrogens is 5. The van der Waals surface area contributed by atoms with Gasteiger partial charge in [-0.05, 0) is 18.0 Å². The van der Waals surface area contributed by atoms with Crippen molar-refractivity contribution in [3.63, 3.8) is 0 Å². The molecule has 0 aliphatic carbocycles. The molecule has 6 heteroatoms. The standard InChI is InChI=1S/C8H11N5S/c1-3-4-6-7(14-12-10-6)8-11-9-5-13(8)2/h5H,3-4H2,1-2H3. The van der Waals surface area contributed by atoms with Crippen molar-refractivity contribution in [2.75, 3.05) is 0 Å². The average Bonchev–Trinajstić information content (AvgIpc) is 2.74. The molecule has 2 heterocycles. The van der Waals surface area contributed by atoms with Crippen molar-refractivity contribution in [1.29, 1.82) is 0 Å². The van der Waals surface area contributed by atoms with Gasteiger partial charge in [0.05, 0.1) is 5.69 Å². The molecule has 2 rings (SSSR count). The van der Waals surface area contributed by atoms with E-state index in [0.717, 1.165) is 29.2 Å². The summed E-state index contributed by atoms with van der Waals surface area (Å²) in [4.78, 5) is 1.03. The molecular formula is C8H11N5S. The zero-order chi connectivity index (χ0) is 9.97. The van der Waals surface area contributed by atoms with Crippen LogP contribution in [0.5, 0.6) is 0 Å². The molecule has 2 aromatic heterocycles. The molecule has 14 heavy (non-hydrogen) atoms. The van der Waals surface area contributed by atoms with Crippen LogP contribution < -0.4 is 0 Å². The normalized spacial score (nSPS) is 10.7. The first-order valence-electron chi connectivity index (χ1n) is 4.48. The van der Waals surface area contributed by atoms with E-state index in [4.69, 9.17) is 0 Å². The lowest BCUT2D eigenvalue weighted by Gasteiger charge is -1.97. The molecule has 74 valence electrons. The molecule has 2 aromatic rings. The molecule has 0 atom stereocenters. The average molecular weight is 209 g/mol. The van der Waals surface area contributed by atoms with E-state index in [2.05, 4.69) is 26.7 Å². The van der Waals surface area contributed by atoms with Gasteiger partial charge in [0.2, 0.25) is 0 Å². The predicted molar refractivity (Wildman–Crippen MR) is 53.9 cm³/mol. The maximum Gasteiger partial charge on any atom is 0.177 e. The first-order chi connectivity index (χ1) is 6.83. The Labute approximate surface area is 86.0 Å². The van der Waals surface area contributed by atoms with Crippen LogP contribution in [0.3, 0.4) is 0 Å². The van der Waals surface area contributed by atoms with Crippen LogP contribution in [-0.4, -0.2) is 24.4 Å². The smallest absolute Gasteiger partial charge is 0.177 e. The summed E-state index contributed by atoms with van der Waals surface area (Å²) < 4.78 is 5.83. The zero-order valence-electron chi connectivity index (χ0n) is 8.14. The Balaban J connectivity index is 2.41. The first kappa shape index (κ1) is 9.26. The fraction of sp³-hybridized carbons (Fsp3) is 0.500. The minimum Gasteiger partial charge on any atom is -0.316 e. The SMILES string of the molecule is CCCc1nnsc1-c1nncn1C. The molecule has 0 saturated heterocycles. The van der Waals surface area contributed by atoms with Crippen LogP contribution >= 0.6 is 11.5 Å². The second kappa shape index (κ2) is 3.83. The lowest BCUT2D eigenvalue weighted by molar-refractivity contribution is 0.863. The molecule has 0 aliphatic rings. The Hall–Kier alpha value is -1.30. The topological polar surface area (TPSA) is 56.5 Å². The minimum atomic E-state index is 0.850. The number of hydrogen-bond acceptors (Lipinski definition) is 5. The van der Waals surface area contributed by atoms with Gasteiger partial charge >= 0.3 is 0 Å². The minimum absolute atomic E-state index is 0.850. The molecule has 0 unspecified atom stereocenters. The monoisotopic (exact) mass is 209 g/mol. The Bertz CT molecular complexity index is 419. The van der Waals surface area contributed by atoms with Gasteiger partial charge in [-0.3, -0.25) is 0 Å². The van der Waals surface area contributed by atoms with Crippen LogP contribution in [0.25, 0.3) is 10.7 Å². The van der Waals surface area contributed by atoms with Gasteiger partial charge < -0.3 is 4.57 Å². The highest BCUT2D eigenvalue weighted by molar-refractivity contribution is 7.09. The first-order valence-corrected chi connectivity index (χ1v) is 5.26. The maximum absolute atomic E-state index is 4.09. The second-order valence-corrected chi connectivity index (χ2v) is 3.82. The van der Waals surface area contributed by atoms with Gasteiger partial charge in [0.25, 0.3) is 0 Å². The summed E-state index contributed by atoms with van der Waals surface area (Å²) in [5, 5.41) is 12.0. The van der Waals surface area contributed by atoms with Gasteiger partial charge in [0.15, 0.2) is 5.82 Å². The molecule has 0 fully saturated rings. The van der Waals surface area contributed by atoms with Crippen LogP contribution in [-0.2, 0) is 13.5 Å². The van der Waals surface area contributed by atoms with E-state index in [1.807, 2.05) is 11.6 Å². The van der Waals surface area contributed by atoms with Crippen molar-refractivity contribution in [3.8, 4) is 10.7 Å². The van der Waals surface area contributed by atoms with Crippen molar-refractivity contribution in [2.24, 2.45) is 7.05 Å². The summed E-state index contributed by atoms with van der Waals surface area (Å²) in [7, 11) is 1.92. The molecule has 0 saturated carbocycles. The summed E-state index contributed by atoms with van der Waals surface area (Å²) in [5.41, 5.74) is 1.02. The third-order valence-electron chi connectivity index (χ3n) is 1.96. The lowest BCUT2D eigenvalue weighted by atomic mass is 10.2. The Kier molecular flexibility index (Phi) is 2.53. The third kappa shape index (κ3) is 1.52. The molecule has 0 spiro atoms. The van der Waals surface area contributed by atoms with Crippen LogP contribution in [0, 0.1) is 0 Å². The quantitative estimate of drug-likeness (QED) is 0.764. The maximum atomic E-state index is 4.09. The van der Waals surface area contributed by atoms with Gasteiger partial charge in [0, 0.05) is 7.05 Å². The Morgan fingerprint density at radius 2 is 2.29 bits per heavy atom. The highest BCUT2D eigenvalue weighted by Crippen LogP contribution is 2.23. The summed E-state index contributed by atoms with van der Waals surface area (Å²) >= 11 is 1.38. The van der Waals surface area contributed by atoms with E-state index in [1.54, 1.807) is 6.33 Å². The van der Waals surface area contributed by atoms with Gasteiger partial charge in [-0.2, -0.15) is 0 Å². The summed E-state index contributed by atoms with van der Waals surface area (Å²) in [6.45, 7) is 2.12. The largest absolute Gasteiger partial charge is 0.316 e. The van der Waals surface area contributed by atoms with Crippen molar-refractivity contribution in [3.05, 3.63) is 12.0 Å². The lowest BCUT2D eigenvalue weighted by Crippen LogP contribution is -1.93. The third-order valence-corrected chi connectivity index (χ3v) is 2.72. The summed E-state index contributed by atoms with van der Waals surface area (Å²) in [6.07, 6.45) is 3.69. The Morgan fingerprint density at radius 1 is 1.43 bits per heavy atom. The molecule has 5 nitrogen and oxygen atoms in total. The van der Waals surface area contributed by atoms with Gasteiger partial charge in [-0.1, -0.05) is 17.8 Å². The number of hydrogen-bond donors (Lipinski definition) is 0. The van der Waals surface area contributed by atoms with E-state index in [1.165, 1.54) is 11.5 Å². The molecule has 0 N–H and O–H groups in total. The van der Waals surface area contributed by atoms with E-state index < -0.39 is 0 Å². The highest BCUT2D eigenvalue weighted by Gasteiger charge is 2.13. The van der Waals surface area contributed by atoms with E-state index in [-0.39, 0.29) is 0 Å². The van der Waals surface area contributed by atoms with Crippen LogP contribution in [0.2, 0.25) is 0 Å². The zero-order valence-corrected chi connectivity index (χ0v) is 8.95. The highest BCUT2D eigenvalue weighted by atomic mass is 32.1. The number of nitrogens with zero attached hydrogens (tertiary/aromatic N) is 5. The van der Waals surface area contributed by atoms with Crippen LogP contribution in [0.4, 0.5) is 0 Å². The molecular weight excluding hydrogens is 198 g/mol. The van der Waals surface area contributed by atoms with E-state index in [9.17, 15) is 0 Å². The van der Waals surface area contributed by atoms with Gasteiger partial charge in [-0.15, -0.1) is 15.3 Å². The molecule has 0 bridgehead atoms. The molecule has 0 amide bonds. The second-order valence-electron chi connectivity index (χ2n) is 3.06. The van der Waals surface area contributed by atoms with E-state index in [0.29, 0.717) is 0 Å². The van der Waals surface area contributed by atoms with Crippen LogP contribution in [0.1, 0.15) is 19.0 Å². The fourth-order valence-electron chi connectivity index (χ4n) is 1.27. The van der Waals surface area contributed by atoms with Crippen molar-refractivity contribution in [1.82, 2.24) is 24.4 Å². The fourth-order valence-corrected chi connectivity index (χ4v) is 2.00. The Morgan fingerprint density at radius 3 is 2.93 bits per heavy atom. The summed E-state index contributed by atoms with van der Waals surface area (Å²) in [6, 6.07) is 0. The number of aryl methyl sites for hydroxylation is 2. The van der Waals surface area contributed by atoms with E-state index >= 15 is 0 Å². The molecule has 0 radical (unpaired) electrons. The molecule has 0 aromatic carbocycles. The predicted octanol–water partition coefficient (Wildman–Crippen LogP) is 1.29. The summed E-state index contributed by atoms with van der Waals surface area (Å²) in [5.74, 6) is 0.850. The number of rotatable bonds is 3. The molecule has 0 aliphatic heterocycles. The van der Waals surface area contributed by atoms with Gasteiger partial charge in [-0.25, -0.2) is 0 Å². The van der Waals surface area contributed by atoms with Crippen molar-refractivity contribution < 1.29 is 0 Å². The van der Waals surface area contributed by atoms with Gasteiger partial charge in [0.1, 0.15) is 11.2 Å². The van der Waals surface area contributed by atoms with Crippen molar-refractivity contribution in [2.45, 2.75) is 19.8 Å². The van der Waals surface area contributed by atoms with Crippen molar-refractivity contribution >= 4 is 11.5 Å². The van der Waals surface area contributed by atoms with Crippen LogP contribution in [0.15, 0.2) is 6.33 Å².